The standard InChI is InChI=1S/C18H16F5N3O3/c19-6-16(15(25)27)8-29-14-11(16)5-12(17(28,7-24)18(21,22)23)26-13(14)9-1-3-10(20)4-2-9/h1-5,28H,6-8,24H2,(H2,25,27). The number of ether oxygens (including phenoxy) is 1. The lowest BCUT2D eigenvalue weighted by Gasteiger charge is -2.30. The minimum Gasteiger partial charge on any atom is -0.489 e. The van der Waals surface area contributed by atoms with Crippen molar-refractivity contribution in [3.63, 3.8) is 0 Å². The maximum Gasteiger partial charge on any atom is 0.424 e. The van der Waals surface area contributed by atoms with Gasteiger partial charge in [-0.25, -0.2) is 13.8 Å². The van der Waals surface area contributed by atoms with Crippen LogP contribution in [0.15, 0.2) is 30.3 Å². The summed E-state index contributed by atoms with van der Waals surface area (Å²) in [6.45, 7) is -3.21. The largest absolute Gasteiger partial charge is 0.489 e. The number of nitrogens with zero attached hydrogens (tertiary/aromatic N) is 1. The summed E-state index contributed by atoms with van der Waals surface area (Å²) in [6, 6.07) is 5.20. The second-order valence-corrected chi connectivity index (χ2v) is 6.67. The summed E-state index contributed by atoms with van der Waals surface area (Å²) in [5.74, 6) is -1.96. The molecule has 0 saturated heterocycles. The van der Waals surface area contributed by atoms with Gasteiger partial charge >= 0.3 is 6.18 Å². The lowest BCUT2D eigenvalue weighted by molar-refractivity contribution is -0.263. The normalized spacial score (nSPS) is 20.7. The molecule has 0 radical (unpaired) electrons. The summed E-state index contributed by atoms with van der Waals surface area (Å²) in [6.07, 6.45) is -5.23. The summed E-state index contributed by atoms with van der Waals surface area (Å²) in [5, 5.41) is 10.2. The molecule has 2 aromatic rings. The molecular weight excluding hydrogens is 401 g/mol. The first kappa shape index (κ1) is 20.9. The van der Waals surface area contributed by atoms with Crippen LogP contribution in [-0.2, 0) is 15.8 Å². The second-order valence-electron chi connectivity index (χ2n) is 6.67. The second kappa shape index (κ2) is 6.92. The Morgan fingerprint density at radius 2 is 1.90 bits per heavy atom. The van der Waals surface area contributed by atoms with Crippen molar-refractivity contribution in [2.75, 3.05) is 19.8 Å². The summed E-state index contributed by atoms with van der Waals surface area (Å²) >= 11 is 0. The highest BCUT2D eigenvalue weighted by atomic mass is 19.4. The van der Waals surface area contributed by atoms with E-state index >= 15 is 0 Å². The SMILES string of the molecule is NCC(O)(c1cc2c(c(-c3ccc(F)cc3)n1)OCC2(CF)C(N)=O)C(F)(F)F. The van der Waals surface area contributed by atoms with E-state index in [9.17, 15) is 31.9 Å². The number of pyridine rings is 1. The molecule has 3 rings (SSSR count). The first-order valence-electron chi connectivity index (χ1n) is 8.30. The molecule has 29 heavy (non-hydrogen) atoms. The Morgan fingerprint density at radius 3 is 2.38 bits per heavy atom. The van der Waals surface area contributed by atoms with Gasteiger partial charge in [0.15, 0.2) is 0 Å². The van der Waals surface area contributed by atoms with E-state index in [0.29, 0.717) is 0 Å². The Hall–Kier alpha value is -2.79. The molecule has 6 nitrogen and oxygen atoms in total. The van der Waals surface area contributed by atoms with E-state index in [4.69, 9.17) is 16.2 Å². The maximum atomic E-state index is 13.9. The van der Waals surface area contributed by atoms with Crippen LogP contribution in [0.2, 0.25) is 0 Å². The lowest BCUT2D eigenvalue weighted by atomic mass is 9.81. The Labute approximate surface area is 161 Å². The van der Waals surface area contributed by atoms with E-state index in [1.54, 1.807) is 0 Å². The van der Waals surface area contributed by atoms with Gasteiger partial charge in [-0.15, -0.1) is 0 Å². The molecule has 1 aromatic heterocycles. The zero-order valence-corrected chi connectivity index (χ0v) is 14.8. The smallest absolute Gasteiger partial charge is 0.424 e. The summed E-state index contributed by atoms with van der Waals surface area (Å²) < 4.78 is 73.1. The third kappa shape index (κ3) is 3.10. The van der Waals surface area contributed by atoms with Crippen LogP contribution in [-0.4, -0.2) is 42.0 Å². The van der Waals surface area contributed by atoms with Gasteiger partial charge in [0.05, 0.1) is 5.69 Å². The number of primary amides is 1. The molecule has 1 aromatic carbocycles. The number of amides is 1. The van der Waals surface area contributed by atoms with Crippen LogP contribution >= 0.6 is 0 Å². The van der Waals surface area contributed by atoms with E-state index in [2.05, 4.69) is 4.98 Å². The Balaban J connectivity index is 2.36. The number of aromatic nitrogens is 1. The fourth-order valence-electron chi connectivity index (χ4n) is 3.07. The molecule has 1 aliphatic rings. The molecule has 0 spiro atoms. The van der Waals surface area contributed by atoms with E-state index in [1.807, 2.05) is 0 Å². The Bertz CT molecular complexity index is 951. The van der Waals surface area contributed by atoms with Gasteiger partial charge in [-0.3, -0.25) is 4.79 Å². The summed E-state index contributed by atoms with van der Waals surface area (Å²) in [4.78, 5) is 15.8. The average molecular weight is 417 g/mol. The van der Waals surface area contributed by atoms with E-state index < -0.39 is 54.4 Å². The van der Waals surface area contributed by atoms with Crippen molar-refractivity contribution >= 4 is 5.91 Å². The van der Waals surface area contributed by atoms with E-state index in [1.165, 1.54) is 12.1 Å². The molecule has 1 amide bonds. The quantitative estimate of drug-likeness (QED) is 0.641. The third-order valence-electron chi connectivity index (χ3n) is 4.96. The van der Waals surface area contributed by atoms with Crippen molar-refractivity contribution in [3.8, 4) is 17.0 Å². The number of hydrogen-bond donors (Lipinski definition) is 3. The van der Waals surface area contributed by atoms with E-state index in [-0.39, 0.29) is 22.6 Å². The summed E-state index contributed by atoms with van der Waals surface area (Å²) in [5.41, 5.74) is 3.45. The molecular formula is C18H16F5N3O3. The van der Waals surface area contributed by atoms with Crippen LogP contribution in [0.3, 0.4) is 0 Å². The number of rotatable bonds is 5. The number of hydrogen-bond acceptors (Lipinski definition) is 5. The third-order valence-corrected chi connectivity index (χ3v) is 4.96. The highest BCUT2D eigenvalue weighted by molar-refractivity contribution is 5.90. The van der Waals surface area contributed by atoms with Crippen molar-refractivity contribution in [2.45, 2.75) is 17.2 Å². The van der Waals surface area contributed by atoms with E-state index in [0.717, 1.165) is 18.2 Å². The molecule has 1 aliphatic heterocycles. The topological polar surface area (TPSA) is 111 Å². The molecule has 0 aliphatic carbocycles. The average Bonchev–Trinajstić information content (AvgIpc) is 3.06. The van der Waals surface area contributed by atoms with Gasteiger partial charge in [-0.2, -0.15) is 13.2 Å². The molecule has 156 valence electrons. The Kier molecular flexibility index (Phi) is 4.99. The van der Waals surface area contributed by atoms with Crippen LogP contribution in [0.4, 0.5) is 22.0 Å². The van der Waals surface area contributed by atoms with Gasteiger partial charge in [0, 0.05) is 17.7 Å². The van der Waals surface area contributed by atoms with Gasteiger partial charge in [-0.05, 0) is 30.3 Å². The zero-order valence-electron chi connectivity index (χ0n) is 14.8. The van der Waals surface area contributed by atoms with Crippen molar-refractivity contribution in [1.29, 1.82) is 0 Å². The van der Waals surface area contributed by atoms with Gasteiger partial charge in [0.1, 0.15) is 36.0 Å². The maximum absolute atomic E-state index is 13.9. The summed E-state index contributed by atoms with van der Waals surface area (Å²) in [7, 11) is 0. The molecule has 5 N–H and O–H groups in total. The molecule has 2 unspecified atom stereocenters. The van der Waals surface area contributed by atoms with Crippen molar-refractivity contribution in [2.24, 2.45) is 11.5 Å². The molecule has 2 heterocycles. The fourth-order valence-corrected chi connectivity index (χ4v) is 3.07. The fraction of sp³-hybridized carbons (Fsp3) is 0.333. The number of fused-ring (bicyclic) bond motifs is 1. The van der Waals surface area contributed by atoms with Gasteiger partial charge in [0.2, 0.25) is 11.5 Å². The zero-order chi connectivity index (χ0) is 21.6. The highest BCUT2D eigenvalue weighted by Crippen LogP contribution is 2.47. The van der Waals surface area contributed by atoms with Crippen LogP contribution in [0.5, 0.6) is 5.75 Å². The first-order chi connectivity index (χ1) is 13.5. The number of carbonyl (C=O) groups is 1. The predicted molar refractivity (Wildman–Crippen MR) is 91.0 cm³/mol. The number of nitrogens with two attached hydrogens (primary N) is 2. The van der Waals surface area contributed by atoms with Crippen LogP contribution in [0.1, 0.15) is 11.3 Å². The highest BCUT2D eigenvalue weighted by Gasteiger charge is 2.57. The Morgan fingerprint density at radius 1 is 1.28 bits per heavy atom. The number of carbonyl (C=O) groups excluding carboxylic acids is 1. The van der Waals surface area contributed by atoms with Crippen LogP contribution in [0, 0.1) is 5.82 Å². The van der Waals surface area contributed by atoms with Gasteiger partial charge in [0.25, 0.3) is 0 Å². The van der Waals surface area contributed by atoms with Crippen molar-refractivity contribution in [1.82, 2.24) is 4.98 Å². The predicted octanol–water partition coefficient (Wildman–Crippen LogP) is 1.68. The number of benzene rings is 1. The van der Waals surface area contributed by atoms with Gasteiger partial charge in [-0.1, -0.05) is 0 Å². The molecule has 11 heteroatoms. The lowest BCUT2D eigenvalue weighted by Crippen LogP contribution is -2.49. The monoisotopic (exact) mass is 417 g/mol. The molecule has 0 fully saturated rings. The van der Waals surface area contributed by atoms with Crippen molar-refractivity contribution < 1.29 is 36.6 Å². The van der Waals surface area contributed by atoms with Crippen LogP contribution < -0.4 is 16.2 Å². The van der Waals surface area contributed by atoms with Gasteiger partial charge < -0.3 is 21.3 Å². The molecule has 2 atom stereocenters. The van der Waals surface area contributed by atoms with Crippen LogP contribution in [0.25, 0.3) is 11.3 Å². The first-order valence-corrected chi connectivity index (χ1v) is 8.30. The molecule has 0 bridgehead atoms. The number of halogens is 5. The minimum absolute atomic E-state index is 0.116. The van der Waals surface area contributed by atoms with Crippen molar-refractivity contribution in [3.05, 3.63) is 47.4 Å². The number of aliphatic hydroxyl groups is 1. The minimum atomic E-state index is -5.23. The molecule has 0 saturated carbocycles. The number of alkyl halides is 4.